The zero-order valence-electron chi connectivity index (χ0n) is 12.0. The topological polar surface area (TPSA) is 79.3 Å². The van der Waals surface area contributed by atoms with Crippen LogP contribution in [0.15, 0.2) is 12.1 Å². The summed E-state index contributed by atoms with van der Waals surface area (Å²) in [6, 6.07) is 3.14. The molecule has 0 bridgehead atoms. The fourth-order valence-electron chi connectivity index (χ4n) is 1.42. The summed E-state index contributed by atoms with van der Waals surface area (Å²) in [5.74, 6) is -1.17. The van der Waals surface area contributed by atoms with Crippen molar-refractivity contribution in [3.05, 3.63) is 28.5 Å². The van der Waals surface area contributed by atoms with Crippen LogP contribution in [0.5, 0.6) is 0 Å². The minimum Gasteiger partial charge on any atom is -0.481 e. The molecule has 110 valence electrons. The fraction of sp³-hybridized carbons (Fsp3) is 0.500. The molecule has 0 radical (unpaired) electrons. The van der Waals surface area contributed by atoms with Crippen LogP contribution in [0.2, 0.25) is 5.15 Å². The summed E-state index contributed by atoms with van der Waals surface area (Å²) in [4.78, 5) is 27.2. The van der Waals surface area contributed by atoms with Gasteiger partial charge in [0.05, 0.1) is 5.41 Å². The highest BCUT2D eigenvalue weighted by Gasteiger charge is 2.27. The van der Waals surface area contributed by atoms with Crippen molar-refractivity contribution in [1.29, 1.82) is 0 Å². The van der Waals surface area contributed by atoms with Crippen LogP contribution in [0.25, 0.3) is 0 Å². The Labute approximate surface area is 123 Å². The molecule has 0 aliphatic heterocycles. The third-order valence-corrected chi connectivity index (χ3v) is 3.13. The van der Waals surface area contributed by atoms with Gasteiger partial charge < -0.3 is 10.4 Å². The average molecular weight is 299 g/mol. The van der Waals surface area contributed by atoms with E-state index < -0.39 is 11.4 Å². The van der Waals surface area contributed by atoms with Gasteiger partial charge >= 0.3 is 5.97 Å². The highest BCUT2D eigenvalue weighted by Crippen LogP contribution is 2.18. The van der Waals surface area contributed by atoms with Crippen LogP contribution in [0.3, 0.4) is 0 Å². The molecule has 0 saturated carbocycles. The van der Waals surface area contributed by atoms with Gasteiger partial charge in [0.2, 0.25) is 0 Å². The Hall–Kier alpha value is -1.62. The van der Waals surface area contributed by atoms with Gasteiger partial charge in [0.25, 0.3) is 5.91 Å². The van der Waals surface area contributed by atoms with E-state index in [1.54, 1.807) is 19.9 Å². The van der Waals surface area contributed by atoms with Gasteiger partial charge in [-0.25, -0.2) is 4.98 Å². The molecule has 1 aromatic rings. The van der Waals surface area contributed by atoms with E-state index in [0.717, 1.165) is 5.69 Å². The maximum absolute atomic E-state index is 12.1. The van der Waals surface area contributed by atoms with Gasteiger partial charge in [-0.2, -0.15) is 0 Å². The molecule has 1 rings (SSSR count). The van der Waals surface area contributed by atoms with Gasteiger partial charge in [-0.1, -0.05) is 25.4 Å². The molecule has 0 fully saturated rings. The van der Waals surface area contributed by atoms with E-state index in [9.17, 15) is 9.59 Å². The van der Waals surface area contributed by atoms with Crippen molar-refractivity contribution < 1.29 is 14.7 Å². The summed E-state index contributed by atoms with van der Waals surface area (Å²) in [7, 11) is 0. The van der Waals surface area contributed by atoms with Crippen molar-refractivity contribution in [2.75, 3.05) is 6.54 Å². The third kappa shape index (κ3) is 4.20. The lowest BCUT2D eigenvalue weighted by molar-refractivity contribution is -0.146. The Bertz CT molecular complexity index is 527. The van der Waals surface area contributed by atoms with E-state index in [2.05, 4.69) is 10.3 Å². The molecule has 1 amide bonds. The molecule has 20 heavy (non-hydrogen) atoms. The average Bonchev–Trinajstić information content (AvgIpc) is 2.35. The largest absolute Gasteiger partial charge is 0.481 e. The maximum atomic E-state index is 12.1. The molecule has 6 heteroatoms. The maximum Gasteiger partial charge on any atom is 0.310 e. The molecular weight excluding hydrogens is 280 g/mol. The van der Waals surface area contributed by atoms with Gasteiger partial charge in [0.1, 0.15) is 5.15 Å². The Kier molecular flexibility index (Phi) is 5.11. The molecule has 0 saturated heterocycles. The number of carbonyl (C=O) groups is 2. The lowest BCUT2D eigenvalue weighted by Gasteiger charge is -2.19. The number of rotatable bonds is 5. The third-order valence-electron chi connectivity index (χ3n) is 2.94. The predicted octanol–water partition coefficient (Wildman–Crippen LogP) is 2.70. The summed E-state index contributed by atoms with van der Waals surface area (Å²) in [5.41, 5.74) is 0.0860. The number of nitrogens with one attached hydrogen (secondary N) is 1. The zero-order valence-corrected chi connectivity index (χ0v) is 12.8. The van der Waals surface area contributed by atoms with Gasteiger partial charge in [-0.15, -0.1) is 0 Å². The first-order valence-electron chi connectivity index (χ1n) is 6.32. The van der Waals surface area contributed by atoms with Crippen LogP contribution in [-0.4, -0.2) is 28.5 Å². The number of halogens is 1. The Morgan fingerprint density at radius 1 is 1.40 bits per heavy atom. The number of nitrogens with zero attached hydrogens (tertiary/aromatic N) is 1. The summed E-state index contributed by atoms with van der Waals surface area (Å²) in [5, 5.41) is 11.9. The minimum atomic E-state index is -1.02. The smallest absolute Gasteiger partial charge is 0.310 e. The minimum absolute atomic E-state index is 0.0398. The number of carboxylic acids is 1. The Morgan fingerprint density at radius 3 is 2.50 bits per heavy atom. The molecule has 0 spiro atoms. The normalized spacial score (nSPS) is 11.5. The van der Waals surface area contributed by atoms with E-state index in [4.69, 9.17) is 16.7 Å². The molecule has 5 nitrogen and oxygen atoms in total. The number of carbonyl (C=O) groups excluding carboxylic acids is 1. The van der Waals surface area contributed by atoms with Crippen molar-refractivity contribution >= 4 is 23.5 Å². The molecular formula is C14H19ClN2O3. The fourth-order valence-corrected chi connectivity index (χ4v) is 1.64. The SMILES string of the molecule is CC(C)c1cc(C(=O)NCC(C)(C)C(=O)O)cc(Cl)n1. The number of carboxylic acid groups (broad SMARTS) is 1. The molecule has 1 aromatic heterocycles. The van der Waals surface area contributed by atoms with Crippen LogP contribution >= 0.6 is 11.6 Å². The Morgan fingerprint density at radius 2 is 2.00 bits per heavy atom. The summed E-state index contributed by atoms with van der Waals surface area (Å²) in [6.07, 6.45) is 0. The van der Waals surface area contributed by atoms with Crippen LogP contribution in [0.1, 0.15) is 49.7 Å². The van der Waals surface area contributed by atoms with E-state index >= 15 is 0 Å². The number of hydrogen-bond acceptors (Lipinski definition) is 3. The van der Waals surface area contributed by atoms with Crippen molar-refractivity contribution in [3.8, 4) is 0 Å². The number of amides is 1. The number of hydrogen-bond donors (Lipinski definition) is 2. The quantitative estimate of drug-likeness (QED) is 0.819. The van der Waals surface area contributed by atoms with Crippen molar-refractivity contribution in [3.63, 3.8) is 0 Å². The highest BCUT2D eigenvalue weighted by atomic mass is 35.5. The van der Waals surface area contributed by atoms with E-state index in [-0.39, 0.29) is 23.5 Å². The lowest BCUT2D eigenvalue weighted by Crippen LogP contribution is -2.38. The molecule has 0 aliphatic rings. The van der Waals surface area contributed by atoms with Crippen molar-refractivity contribution in [1.82, 2.24) is 10.3 Å². The first-order valence-corrected chi connectivity index (χ1v) is 6.70. The second kappa shape index (κ2) is 6.22. The van der Waals surface area contributed by atoms with Crippen molar-refractivity contribution in [2.45, 2.75) is 33.6 Å². The predicted molar refractivity (Wildman–Crippen MR) is 77.1 cm³/mol. The molecule has 1 heterocycles. The number of aliphatic carboxylic acids is 1. The Balaban J connectivity index is 2.86. The van der Waals surface area contributed by atoms with E-state index in [1.165, 1.54) is 6.07 Å². The summed E-state index contributed by atoms with van der Waals surface area (Å²) < 4.78 is 0. The van der Waals surface area contributed by atoms with Crippen LogP contribution in [0.4, 0.5) is 0 Å². The number of aromatic nitrogens is 1. The second-order valence-electron chi connectivity index (χ2n) is 5.63. The molecule has 0 aliphatic carbocycles. The monoisotopic (exact) mass is 298 g/mol. The van der Waals surface area contributed by atoms with Gasteiger partial charge in [0, 0.05) is 17.8 Å². The van der Waals surface area contributed by atoms with Gasteiger partial charge in [-0.05, 0) is 31.9 Å². The molecule has 0 atom stereocenters. The van der Waals surface area contributed by atoms with Gasteiger partial charge in [-0.3, -0.25) is 9.59 Å². The molecule has 0 aromatic carbocycles. The second-order valence-corrected chi connectivity index (χ2v) is 6.02. The van der Waals surface area contributed by atoms with Crippen LogP contribution < -0.4 is 5.32 Å². The highest BCUT2D eigenvalue weighted by molar-refractivity contribution is 6.29. The van der Waals surface area contributed by atoms with Crippen molar-refractivity contribution in [2.24, 2.45) is 5.41 Å². The van der Waals surface area contributed by atoms with E-state index in [1.807, 2.05) is 13.8 Å². The standard InChI is InChI=1S/C14H19ClN2O3/c1-8(2)10-5-9(6-11(15)17-10)12(18)16-7-14(3,4)13(19)20/h5-6,8H,7H2,1-4H3,(H,16,18)(H,19,20). The molecule has 0 unspecified atom stereocenters. The summed E-state index contributed by atoms with van der Waals surface area (Å²) in [6.45, 7) is 7.04. The first kappa shape index (κ1) is 16.4. The molecule has 2 N–H and O–H groups in total. The lowest BCUT2D eigenvalue weighted by atomic mass is 9.94. The van der Waals surface area contributed by atoms with Crippen LogP contribution in [-0.2, 0) is 4.79 Å². The number of pyridine rings is 1. The summed E-state index contributed by atoms with van der Waals surface area (Å²) >= 11 is 5.89. The van der Waals surface area contributed by atoms with E-state index in [0.29, 0.717) is 5.56 Å². The van der Waals surface area contributed by atoms with Gasteiger partial charge in [0.15, 0.2) is 0 Å². The van der Waals surface area contributed by atoms with Crippen LogP contribution in [0, 0.1) is 5.41 Å². The zero-order chi connectivity index (χ0) is 15.5. The first-order chi connectivity index (χ1) is 9.13.